The Labute approximate surface area is 256 Å². The summed E-state index contributed by atoms with van der Waals surface area (Å²) in [7, 11) is -3.58. The van der Waals surface area contributed by atoms with Crippen molar-refractivity contribution in [3.8, 4) is 0 Å². The van der Waals surface area contributed by atoms with Crippen LogP contribution in [0.25, 0.3) is 9.96 Å². The predicted octanol–water partition coefficient (Wildman–Crippen LogP) is 4.56. The van der Waals surface area contributed by atoms with Crippen LogP contribution in [0, 0.1) is 41.5 Å². The summed E-state index contributed by atoms with van der Waals surface area (Å²) in [5.41, 5.74) is 11.6. The smallest absolute Gasteiger partial charge is 0.686 e. The Morgan fingerprint density at radius 1 is 0.622 bits per heavy atom. The maximum absolute atomic E-state index is 5.56. The molecule has 2 aromatic rings. The molecule has 1 fully saturated rings. The monoisotopic (exact) mass is 538 g/mol. The summed E-state index contributed by atoms with van der Waals surface area (Å²) in [5, 5.41) is 0. The van der Waals surface area contributed by atoms with Crippen molar-refractivity contribution >= 4 is 35.8 Å². The summed E-state index contributed by atoms with van der Waals surface area (Å²) in [6.07, 6.45) is 7.15. The first-order valence-corrected chi connectivity index (χ1v) is 21.7. The van der Waals surface area contributed by atoms with E-state index in [0.717, 1.165) is 5.66 Å². The van der Waals surface area contributed by atoms with Gasteiger partial charge in [-0.3, -0.25) is 0 Å². The second-order valence-electron chi connectivity index (χ2n) is 12.5. The van der Waals surface area contributed by atoms with Crippen LogP contribution in [-0.4, -0.2) is 33.7 Å². The molecule has 0 bridgehead atoms. The molecule has 0 saturated heterocycles. The molecule has 0 N–H and O–H groups in total. The maximum atomic E-state index is 5.56. The Morgan fingerprint density at radius 3 is 1.27 bits per heavy atom. The van der Waals surface area contributed by atoms with E-state index >= 15 is 0 Å². The molecule has 37 heavy (non-hydrogen) atoms. The zero-order valence-corrected chi connectivity index (χ0v) is 29.1. The van der Waals surface area contributed by atoms with E-state index in [1.54, 1.807) is 0 Å². The molecular weight excluding hydrogens is 489 g/mol. The van der Waals surface area contributed by atoms with Gasteiger partial charge < -0.3 is 9.96 Å². The topological polar surface area (TPSA) is 28.2 Å². The fraction of sp³-hybridized carbons (Fsp3) is 0.600. The molecule has 0 aromatic heterocycles. The van der Waals surface area contributed by atoms with Gasteiger partial charge in [-0.25, -0.2) is 0 Å². The van der Waals surface area contributed by atoms with Crippen LogP contribution in [0.2, 0.25) is 26.2 Å². The molecule has 0 heterocycles. The van der Waals surface area contributed by atoms with Gasteiger partial charge in [0.05, 0.1) is 0 Å². The van der Waals surface area contributed by atoms with Crippen LogP contribution in [0.1, 0.15) is 65.5 Å². The summed E-state index contributed by atoms with van der Waals surface area (Å²) in [6.45, 7) is 23.4. The molecule has 1 aliphatic carbocycles. The number of nitrogens with zero attached hydrogens (tertiary/aromatic N) is 2. The molecule has 0 spiro atoms. The average Bonchev–Trinajstić information content (AvgIpc) is 2.73. The molecule has 0 atom stereocenters. The van der Waals surface area contributed by atoms with Crippen LogP contribution in [0.4, 0.5) is 11.4 Å². The third-order valence-electron chi connectivity index (χ3n) is 7.37. The molecule has 0 unspecified atom stereocenters. The number of aryl methyl sites for hydroxylation is 6. The van der Waals surface area contributed by atoms with Crippen molar-refractivity contribution in [1.29, 1.82) is 0 Å². The van der Waals surface area contributed by atoms with Crippen LogP contribution in [-0.2, 0) is 0 Å². The number of hydrogen-bond acceptors (Lipinski definition) is 0. The van der Waals surface area contributed by atoms with Crippen molar-refractivity contribution in [2.75, 3.05) is 11.6 Å². The predicted molar refractivity (Wildman–Crippen MR) is 166 cm³/mol. The van der Waals surface area contributed by atoms with Gasteiger partial charge in [-0.1, -0.05) is 115 Å². The number of benzene rings is 2. The summed E-state index contributed by atoms with van der Waals surface area (Å²) < 4.78 is 0. The largest absolute Gasteiger partial charge is 1.00 e. The van der Waals surface area contributed by atoms with Gasteiger partial charge in [-0.15, -0.1) is 19.3 Å². The first kappa shape index (κ1) is 35.1. The SMILES string of the molecule is Cc1cc(C)c([N-][Si](C)(C)CP(C[Si](C)(C)[N-]c2c(C)cc(C)cc2C)C2CCCCC2)c(C)c1.[Li+].[Li+]. The fourth-order valence-corrected chi connectivity index (χ4v) is 21.2. The Kier molecular flexibility index (Phi) is 13.9. The van der Waals surface area contributed by atoms with Gasteiger partial charge in [-0.2, -0.15) is 0 Å². The van der Waals surface area contributed by atoms with Crippen LogP contribution < -0.4 is 37.7 Å². The second kappa shape index (κ2) is 14.6. The van der Waals surface area contributed by atoms with Gasteiger partial charge in [0.2, 0.25) is 0 Å². The van der Waals surface area contributed by atoms with Crippen LogP contribution in [0.15, 0.2) is 24.3 Å². The second-order valence-corrected chi connectivity index (χ2v) is 24.7. The molecule has 2 aromatic carbocycles. The van der Waals surface area contributed by atoms with E-state index in [4.69, 9.17) is 9.96 Å². The molecule has 1 aliphatic rings. The van der Waals surface area contributed by atoms with E-state index in [0.29, 0.717) is 0 Å². The van der Waals surface area contributed by atoms with Crippen molar-refractivity contribution in [3.63, 3.8) is 0 Å². The fourth-order valence-electron chi connectivity index (χ4n) is 6.13. The Bertz CT molecular complexity index is 917. The van der Waals surface area contributed by atoms with E-state index < -0.39 is 16.5 Å². The molecule has 0 aliphatic heterocycles. The zero-order valence-electron chi connectivity index (χ0n) is 26.2. The normalized spacial score (nSPS) is 14.7. The first-order chi connectivity index (χ1) is 16.3. The van der Waals surface area contributed by atoms with Crippen molar-refractivity contribution in [2.45, 2.75) is 105 Å². The van der Waals surface area contributed by atoms with Gasteiger partial charge in [0.25, 0.3) is 0 Å². The Hall–Kier alpha value is 0.0986. The van der Waals surface area contributed by atoms with E-state index in [-0.39, 0.29) is 45.6 Å². The van der Waals surface area contributed by atoms with Crippen LogP contribution >= 0.6 is 7.92 Å². The summed E-state index contributed by atoms with van der Waals surface area (Å²) in [5.74, 6) is 2.72. The van der Waals surface area contributed by atoms with Gasteiger partial charge in [0.1, 0.15) is 0 Å². The van der Waals surface area contributed by atoms with Gasteiger partial charge in [0.15, 0.2) is 0 Å². The number of hydrogen-bond donors (Lipinski definition) is 0. The Morgan fingerprint density at radius 2 is 0.946 bits per heavy atom. The van der Waals surface area contributed by atoms with E-state index in [2.05, 4.69) is 92.0 Å². The molecule has 2 nitrogen and oxygen atoms in total. The third kappa shape index (κ3) is 10.2. The Balaban J connectivity index is 0.00000342. The minimum atomic E-state index is -1.76. The summed E-state index contributed by atoms with van der Waals surface area (Å²) in [4.78, 5) is 11.1. The van der Waals surface area contributed by atoms with Crippen molar-refractivity contribution < 1.29 is 37.7 Å². The van der Waals surface area contributed by atoms with Crippen LogP contribution in [0.3, 0.4) is 0 Å². The van der Waals surface area contributed by atoms with Crippen LogP contribution in [0.5, 0.6) is 0 Å². The van der Waals surface area contributed by atoms with Crippen molar-refractivity contribution in [1.82, 2.24) is 0 Å². The molecule has 7 heteroatoms. The van der Waals surface area contributed by atoms with Crippen molar-refractivity contribution in [3.05, 3.63) is 67.6 Å². The van der Waals surface area contributed by atoms with E-state index in [1.807, 2.05) is 0 Å². The molecule has 0 amide bonds. The molecule has 1 saturated carbocycles. The minimum Gasteiger partial charge on any atom is -0.686 e. The number of rotatable bonds is 9. The van der Waals surface area contributed by atoms with E-state index in [1.165, 1.54) is 88.4 Å². The standard InChI is InChI=1S/C30H49N2PSi2.2Li/c1-22-16-24(3)29(25(4)17-22)31-34(7,8)20-33(28-14-12-11-13-15-28)21-35(9,10)32-30-26(5)18-23(2)19-27(30)6;;/h16-19,28H,11-15,20-21H2,1-10H3;;/q-2;2*+1. The van der Waals surface area contributed by atoms with Gasteiger partial charge in [-0.05, 0) is 76.5 Å². The summed E-state index contributed by atoms with van der Waals surface area (Å²) in [6, 6.07) is 9.23. The minimum absolute atomic E-state index is 0. The summed E-state index contributed by atoms with van der Waals surface area (Å²) >= 11 is 0. The molecule has 0 radical (unpaired) electrons. The molecule has 194 valence electrons. The quantitative estimate of drug-likeness (QED) is 0.331. The van der Waals surface area contributed by atoms with E-state index in [9.17, 15) is 0 Å². The third-order valence-corrected chi connectivity index (χ3v) is 20.0. The maximum Gasteiger partial charge on any atom is 1.00 e. The molecule has 3 rings (SSSR count). The first-order valence-electron chi connectivity index (χ1n) is 13.6. The van der Waals surface area contributed by atoms with Crippen molar-refractivity contribution in [2.24, 2.45) is 0 Å². The van der Waals surface area contributed by atoms with Gasteiger partial charge >= 0.3 is 37.7 Å². The average molecular weight is 539 g/mol. The van der Waals surface area contributed by atoms with Gasteiger partial charge in [0, 0.05) is 0 Å². The zero-order chi connectivity index (χ0) is 26.0. The molecular formula is C30H49Li2N2PSi2.